The van der Waals surface area contributed by atoms with E-state index in [9.17, 15) is 9.59 Å². The summed E-state index contributed by atoms with van der Waals surface area (Å²) in [5.74, 6) is 0.000761. The Morgan fingerprint density at radius 2 is 1.39 bits per heavy atom. The van der Waals surface area contributed by atoms with E-state index >= 15 is 0 Å². The number of hydrogen-bond donors (Lipinski definition) is 1. The van der Waals surface area contributed by atoms with E-state index in [0.717, 1.165) is 62.8 Å². The first-order valence-corrected chi connectivity index (χ1v) is 11.3. The quantitative estimate of drug-likeness (QED) is 0.333. The molecule has 6 heteroatoms. The molecule has 0 saturated heterocycles. The molecule has 0 aliphatic heterocycles. The minimum atomic E-state index is -0.713. The number of unbranched alkanes of at least 4 members (excludes halogenated alkanes) is 7. The van der Waals surface area contributed by atoms with E-state index < -0.39 is 5.97 Å². The molecule has 0 spiro atoms. The summed E-state index contributed by atoms with van der Waals surface area (Å²) in [6, 6.07) is 14.5. The average molecular weight is 446 g/mol. The number of aliphatic carboxylic acids is 1. The monoisotopic (exact) mass is 445 g/mol. The Hall–Kier alpha value is -2.53. The van der Waals surface area contributed by atoms with Gasteiger partial charge < -0.3 is 14.7 Å². The molecule has 0 aromatic heterocycles. The number of carbonyl (C=O) groups excluding carboxylic acids is 1. The molecule has 5 nitrogen and oxygen atoms in total. The Morgan fingerprint density at radius 1 is 0.839 bits per heavy atom. The molecule has 0 fully saturated rings. The van der Waals surface area contributed by atoms with Gasteiger partial charge in [0.15, 0.2) is 0 Å². The largest absolute Gasteiger partial charge is 0.497 e. The van der Waals surface area contributed by atoms with Crippen LogP contribution in [0.1, 0.15) is 68.1 Å². The fourth-order valence-electron chi connectivity index (χ4n) is 3.47. The zero-order valence-electron chi connectivity index (χ0n) is 18.2. The summed E-state index contributed by atoms with van der Waals surface area (Å²) in [7, 11) is 1.62. The number of halogens is 1. The van der Waals surface area contributed by atoms with Crippen molar-refractivity contribution in [3.8, 4) is 5.75 Å². The molecule has 2 rings (SSSR count). The van der Waals surface area contributed by atoms with Crippen molar-refractivity contribution in [2.75, 3.05) is 18.6 Å². The lowest BCUT2D eigenvalue weighted by Crippen LogP contribution is -2.31. The second kappa shape index (κ2) is 13.7. The van der Waals surface area contributed by atoms with Crippen LogP contribution < -0.4 is 9.64 Å². The van der Waals surface area contributed by atoms with Gasteiger partial charge >= 0.3 is 5.97 Å². The maximum atomic E-state index is 13.1. The molecular weight excluding hydrogens is 414 g/mol. The van der Waals surface area contributed by atoms with Crippen molar-refractivity contribution >= 4 is 29.2 Å². The van der Waals surface area contributed by atoms with Gasteiger partial charge in [-0.3, -0.25) is 9.59 Å². The topological polar surface area (TPSA) is 66.8 Å². The van der Waals surface area contributed by atoms with Gasteiger partial charge in [-0.15, -0.1) is 0 Å². The molecule has 0 atom stereocenters. The lowest BCUT2D eigenvalue weighted by molar-refractivity contribution is -0.137. The molecule has 0 heterocycles. The van der Waals surface area contributed by atoms with E-state index in [1.807, 2.05) is 29.2 Å². The van der Waals surface area contributed by atoms with Crippen molar-refractivity contribution in [3.63, 3.8) is 0 Å². The summed E-state index contributed by atoms with van der Waals surface area (Å²) in [5, 5.41) is 9.26. The Kier molecular flexibility index (Phi) is 10.9. The summed E-state index contributed by atoms with van der Waals surface area (Å²) in [4.78, 5) is 25.5. The van der Waals surface area contributed by atoms with Gasteiger partial charge in [0.1, 0.15) is 5.75 Å². The molecule has 0 unspecified atom stereocenters. The van der Waals surface area contributed by atoms with E-state index in [1.165, 1.54) is 0 Å². The highest BCUT2D eigenvalue weighted by atomic mass is 35.5. The number of ether oxygens (including phenoxy) is 1. The molecule has 1 amide bonds. The van der Waals surface area contributed by atoms with Gasteiger partial charge in [-0.2, -0.15) is 0 Å². The highest BCUT2D eigenvalue weighted by Gasteiger charge is 2.17. The van der Waals surface area contributed by atoms with Crippen LogP contribution in [0.4, 0.5) is 5.69 Å². The van der Waals surface area contributed by atoms with Crippen LogP contribution in [-0.2, 0) is 4.79 Å². The zero-order chi connectivity index (χ0) is 22.5. The Balaban J connectivity index is 1.84. The van der Waals surface area contributed by atoms with Crippen LogP contribution in [0.5, 0.6) is 5.75 Å². The molecule has 2 aromatic rings. The number of carbonyl (C=O) groups is 2. The molecule has 2 aromatic carbocycles. The van der Waals surface area contributed by atoms with Gasteiger partial charge in [0.05, 0.1) is 7.11 Å². The molecule has 31 heavy (non-hydrogen) atoms. The number of amides is 1. The third kappa shape index (κ3) is 9.01. The van der Waals surface area contributed by atoms with Crippen LogP contribution in [0.2, 0.25) is 5.02 Å². The smallest absolute Gasteiger partial charge is 0.303 e. The van der Waals surface area contributed by atoms with Gasteiger partial charge in [-0.05, 0) is 61.4 Å². The van der Waals surface area contributed by atoms with Crippen molar-refractivity contribution in [2.24, 2.45) is 0 Å². The van der Waals surface area contributed by atoms with Crippen LogP contribution in [0.15, 0.2) is 48.5 Å². The van der Waals surface area contributed by atoms with Crippen molar-refractivity contribution in [1.82, 2.24) is 0 Å². The summed E-state index contributed by atoms with van der Waals surface area (Å²) < 4.78 is 5.23. The van der Waals surface area contributed by atoms with Crippen LogP contribution in [-0.4, -0.2) is 30.6 Å². The molecule has 168 valence electrons. The molecular formula is C25H32ClNO4. The molecule has 0 bridgehead atoms. The summed E-state index contributed by atoms with van der Waals surface area (Å²) in [6.45, 7) is 0.645. The van der Waals surface area contributed by atoms with E-state index in [1.54, 1.807) is 31.4 Å². The number of hydrogen-bond acceptors (Lipinski definition) is 3. The number of rotatable bonds is 14. The van der Waals surface area contributed by atoms with E-state index in [0.29, 0.717) is 17.1 Å². The normalized spacial score (nSPS) is 10.6. The zero-order valence-corrected chi connectivity index (χ0v) is 18.9. The number of benzene rings is 2. The van der Waals surface area contributed by atoms with Crippen LogP contribution in [0, 0.1) is 0 Å². The second-order valence-corrected chi connectivity index (χ2v) is 8.07. The van der Waals surface area contributed by atoms with Crippen LogP contribution in [0.25, 0.3) is 0 Å². The van der Waals surface area contributed by atoms with E-state index in [-0.39, 0.29) is 12.3 Å². The minimum Gasteiger partial charge on any atom is -0.497 e. The maximum Gasteiger partial charge on any atom is 0.303 e. The van der Waals surface area contributed by atoms with E-state index in [2.05, 4.69) is 0 Å². The van der Waals surface area contributed by atoms with Crippen molar-refractivity contribution in [2.45, 2.75) is 57.8 Å². The van der Waals surface area contributed by atoms with Gasteiger partial charge in [0.2, 0.25) is 0 Å². The first kappa shape index (κ1) is 24.7. The number of anilines is 1. The highest BCUT2D eigenvalue weighted by Crippen LogP contribution is 2.23. The molecule has 0 aliphatic carbocycles. The predicted molar refractivity (Wildman–Crippen MR) is 125 cm³/mol. The number of carboxylic acids is 1. The Labute approximate surface area is 190 Å². The van der Waals surface area contributed by atoms with Crippen LogP contribution in [0.3, 0.4) is 0 Å². The highest BCUT2D eigenvalue weighted by molar-refractivity contribution is 6.30. The van der Waals surface area contributed by atoms with Gasteiger partial charge in [-0.1, -0.05) is 50.1 Å². The average Bonchev–Trinajstić information content (AvgIpc) is 2.77. The van der Waals surface area contributed by atoms with Crippen LogP contribution >= 0.6 is 11.6 Å². The number of carboxylic acid groups (broad SMARTS) is 1. The second-order valence-electron chi connectivity index (χ2n) is 7.63. The SMILES string of the molecule is COc1ccc(N(CCCCCCCCCCC(=O)O)C(=O)c2ccc(Cl)cc2)cc1. The summed E-state index contributed by atoms with van der Waals surface area (Å²) >= 11 is 5.97. The molecule has 0 saturated carbocycles. The van der Waals surface area contributed by atoms with Crippen molar-refractivity contribution in [1.29, 1.82) is 0 Å². The van der Waals surface area contributed by atoms with Gasteiger partial charge in [-0.25, -0.2) is 0 Å². The third-order valence-corrected chi connectivity index (χ3v) is 5.49. The number of nitrogens with zero attached hydrogens (tertiary/aromatic N) is 1. The lowest BCUT2D eigenvalue weighted by Gasteiger charge is -2.23. The molecule has 0 aliphatic rings. The van der Waals surface area contributed by atoms with E-state index in [4.69, 9.17) is 21.4 Å². The first-order valence-electron chi connectivity index (χ1n) is 10.9. The summed E-state index contributed by atoms with van der Waals surface area (Å²) in [5.41, 5.74) is 1.46. The maximum absolute atomic E-state index is 13.1. The lowest BCUT2D eigenvalue weighted by atomic mass is 10.1. The Bertz CT molecular complexity index is 805. The standard InChI is InChI=1S/C25H32ClNO4/c1-31-23-17-15-22(16-18-23)27(25(30)20-11-13-21(26)14-12-20)19-9-7-5-3-2-4-6-8-10-24(28)29/h11-18H,2-10,19H2,1H3,(H,28,29). The van der Waals surface area contributed by atoms with Gasteiger partial charge in [0.25, 0.3) is 5.91 Å². The molecule has 0 radical (unpaired) electrons. The molecule has 1 N–H and O–H groups in total. The first-order chi connectivity index (χ1) is 15.0. The fourth-order valence-corrected chi connectivity index (χ4v) is 3.59. The summed E-state index contributed by atoms with van der Waals surface area (Å²) in [6.07, 6.45) is 8.45. The van der Waals surface area contributed by atoms with Gasteiger partial charge in [0, 0.05) is 29.2 Å². The van der Waals surface area contributed by atoms with Crippen molar-refractivity contribution in [3.05, 3.63) is 59.1 Å². The Morgan fingerprint density at radius 3 is 1.94 bits per heavy atom. The third-order valence-electron chi connectivity index (χ3n) is 5.24. The predicted octanol–water partition coefficient (Wildman–Crippen LogP) is 6.59. The minimum absolute atomic E-state index is 0.0414. The fraction of sp³-hybridized carbons (Fsp3) is 0.440. The van der Waals surface area contributed by atoms with Crippen molar-refractivity contribution < 1.29 is 19.4 Å². The number of methoxy groups -OCH3 is 1.